The second kappa shape index (κ2) is 7.58. The summed E-state index contributed by atoms with van der Waals surface area (Å²) < 4.78 is 0. The Bertz CT molecular complexity index is 278. The molecule has 0 saturated heterocycles. The Hall–Kier alpha value is -1.67. The van der Waals surface area contributed by atoms with Crippen molar-refractivity contribution in [2.75, 3.05) is 13.1 Å². The summed E-state index contributed by atoms with van der Waals surface area (Å²) in [5.74, 6) is 3.28. The van der Waals surface area contributed by atoms with Gasteiger partial charge in [0.2, 0.25) is 11.8 Å². The van der Waals surface area contributed by atoms with Gasteiger partial charge in [0.1, 0.15) is 0 Å². The van der Waals surface area contributed by atoms with Crippen molar-refractivity contribution in [3.63, 3.8) is 0 Å². The van der Waals surface area contributed by atoms with Crippen molar-refractivity contribution in [2.24, 2.45) is 17.3 Å². The van der Waals surface area contributed by atoms with Gasteiger partial charge >= 0.3 is 0 Å². The van der Waals surface area contributed by atoms with Crippen LogP contribution in [0.5, 0.6) is 0 Å². The lowest BCUT2D eigenvalue weighted by atomic mass is 10.1. The summed E-state index contributed by atoms with van der Waals surface area (Å²) in [6.45, 7) is 1.42. The highest BCUT2D eigenvalue weighted by molar-refractivity contribution is 5.84. The smallest absolute Gasteiger partial charge is 0.251 e. The zero-order chi connectivity index (χ0) is 13.4. The molecule has 0 radical (unpaired) electrons. The van der Waals surface area contributed by atoms with E-state index >= 15 is 0 Å². The van der Waals surface area contributed by atoms with Gasteiger partial charge in [-0.3, -0.25) is 24.7 Å². The van der Waals surface area contributed by atoms with Gasteiger partial charge in [-0.05, 0) is 6.42 Å². The van der Waals surface area contributed by atoms with Crippen molar-refractivity contribution >= 4 is 17.7 Å². The van der Waals surface area contributed by atoms with Crippen LogP contribution in [-0.2, 0) is 14.4 Å². The first-order valence-electron chi connectivity index (χ1n) is 5.23. The van der Waals surface area contributed by atoms with Gasteiger partial charge in [0.05, 0.1) is 19.1 Å². The molecule has 17 heavy (non-hydrogen) atoms. The summed E-state index contributed by atoms with van der Waals surface area (Å²) in [6, 6.07) is -0.690. The molecule has 1 unspecified atom stereocenters. The molecule has 0 saturated carbocycles. The highest BCUT2D eigenvalue weighted by Crippen LogP contribution is 2.06. The predicted molar refractivity (Wildman–Crippen MR) is 61.0 cm³/mol. The van der Waals surface area contributed by atoms with E-state index in [0.29, 0.717) is 12.8 Å². The SMILES string of the molecule is CCCC(C(=O)NN)N(CC(N)=O)CC(N)=O. The maximum atomic E-state index is 11.5. The van der Waals surface area contributed by atoms with Gasteiger partial charge in [-0.1, -0.05) is 13.3 Å². The lowest BCUT2D eigenvalue weighted by Gasteiger charge is -2.27. The van der Waals surface area contributed by atoms with Crippen LogP contribution in [0, 0.1) is 0 Å². The molecule has 0 aliphatic carbocycles. The van der Waals surface area contributed by atoms with Gasteiger partial charge in [0.15, 0.2) is 0 Å². The zero-order valence-corrected chi connectivity index (χ0v) is 9.81. The second-order valence-corrected chi connectivity index (χ2v) is 3.65. The number of hydrogen-bond donors (Lipinski definition) is 4. The minimum absolute atomic E-state index is 0.221. The molecule has 3 amide bonds. The zero-order valence-electron chi connectivity index (χ0n) is 9.81. The molecule has 0 spiro atoms. The quantitative estimate of drug-likeness (QED) is 0.211. The number of carbonyl (C=O) groups excluding carboxylic acids is 3. The number of primary amides is 2. The van der Waals surface area contributed by atoms with Crippen molar-refractivity contribution in [3.8, 4) is 0 Å². The van der Waals surface area contributed by atoms with Crippen LogP contribution in [0.3, 0.4) is 0 Å². The van der Waals surface area contributed by atoms with Crippen molar-refractivity contribution in [3.05, 3.63) is 0 Å². The Labute approximate surface area is 99.4 Å². The Kier molecular flexibility index (Phi) is 6.83. The van der Waals surface area contributed by atoms with E-state index in [0.717, 1.165) is 0 Å². The van der Waals surface area contributed by atoms with Crippen LogP contribution in [0.2, 0.25) is 0 Å². The van der Waals surface area contributed by atoms with Gasteiger partial charge in [0, 0.05) is 0 Å². The normalized spacial score (nSPS) is 12.2. The van der Waals surface area contributed by atoms with Gasteiger partial charge in [0.25, 0.3) is 5.91 Å². The average Bonchev–Trinajstić information content (AvgIpc) is 2.22. The summed E-state index contributed by atoms with van der Waals surface area (Å²) in [4.78, 5) is 34.6. The number of hydrazine groups is 1. The highest BCUT2D eigenvalue weighted by Gasteiger charge is 2.26. The van der Waals surface area contributed by atoms with E-state index in [4.69, 9.17) is 17.3 Å². The molecule has 0 aromatic heterocycles. The molecule has 1 atom stereocenters. The Morgan fingerprint density at radius 3 is 1.94 bits per heavy atom. The van der Waals surface area contributed by atoms with Crippen LogP contribution in [0.15, 0.2) is 0 Å². The molecule has 0 aliphatic rings. The Morgan fingerprint density at radius 2 is 1.65 bits per heavy atom. The highest BCUT2D eigenvalue weighted by atomic mass is 16.2. The molecule has 0 aromatic rings. The van der Waals surface area contributed by atoms with E-state index < -0.39 is 23.8 Å². The molecule has 0 bridgehead atoms. The van der Waals surface area contributed by atoms with Crippen molar-refractivity contribution in [1.82, 2.24) is 10.3 Å². The van der Waals surface area contributed by atoms with Crippen LogP contribution in [0.4, 0.5) is 0 Å². The maximum absolute atomic E-state index is 11.5. The number of nitrogens with zero attached hydrogens (tertiary/aromatic N) is 1. The van der Waals surface area contributed by atoms with E-state index in [1.807, 2.05) is 12.3 Å². The standard InChI is InChI=1S/C9H19N5O3/c1-2-3-6(9(17)13-12)14(4-7(10)15)5-8(11)16/h6H,2-5,12H2,1H3,(H2,10,15)(H2,11,16)(H,13,17). The molecule has 0 aliphatic heterocycles. The number of rotatable bonds is 8. The minimum Gasteiger partial charge on any atom is -0.369 e. The van der Waals surface area contributed by atoms with Crippen LogP contribution in [0.1, 0.15) is 19.8 Å². The fourth-order valence-electron chi connectivity index (χ4n) is 1.53. The van der Waals surface area contributed by atoms with E-state index in [-0.39, 0.29) is 13.1 Å². The summed E-state index contributed by atoms with van der Waals surface area (Å²) in [6.07, 6.45) is 1.13. The number of carbonyl (C=O) groups is 3. The van der Waals surface area contributed by atoms with E-state index in [9.17, 15) is 14.4 Å². The van der Waals surface area contributed by atoms with Gasteiger partial charge in [-0.2, -0.15) is 0 Å². The Balaban J connectivity index is 4.83. The van der Waals surface area contributed by atoms with Crippen LogP contribution in [0.25, 0.3) is 0 Å². The topological polar surface area (TPSA) is 145 Å². The lowest BCUT2D eigenvalue weighted by molar-refractivity contribution is -0.130. The third kappa shape index (κ3) is 5.83. The van der Waals surface area contributed by atoms with Crippen LogP contribution in [-0.4, -0.2) is 41.8 Å². The second-order valence-electron chi connectivity index (χ2n) is 3.65. The molecule has 0 aromatic carbocycles. The lowest BCUT2D eigenvalue weighted by Crippen LogP contribution is -2.53. The molecule has 98 valence electrons. The maximum Gasteiger partial charge on any atom is 0.251 e. The third-order valence-electron chi connectivity index (χ3n) is 2.17. The monoisotopic (exact) mass is 245 g/mol. The van der Waals surface area contributed by atoms with Crippen molar-refractivity contribution in [1.29, 1.82) is 0 Å². The summed E-state index contributed by atoms with van der Waals surface area (Å²) >= 11 is 0. The van der Waals surface area contributed by atoms with E-state index in [1.165, 1.54) is 4.90 Å². The van der Waals surface area contributed by atoms with E-state index in [1.54, 1.807) is 0 Å². The summed E-state index contributed by atoms with van der Waals surface area (Å²) in [5.41, 5.74) is 12.1. The molecule has 8 heteroatoms. The third-order valence-corrected chi connectivity index (χ3v) is 2.17. The fraction of sp³-hybridized carbons (Fsp3) is 0.667. The molecule has 0 fully saturated rings. The number of hydrogen-bond acceptors (Lipinski definition) is 5. The number of amides is 3. The first kappa shape index (κ1) is 15.3. The Morgan fingerprint density at radius 1 is 1.18 bits per heavy atom. The molecule has 7 N–H and O–H groups in total. The van der Waals surface area contributed by atoms with Gasteiger partial charge < -0.3 is 11.5 Å². The van der Waals surface area contributed by atoms with Crippen LogP contribution >= 0.6 is 0 Å². The average molecular weight is 245 g/mol. The van der Waals surface area contributed by atoms with Crippen LogP contribution < -0.4 is 22.7 Å². The number of nitrogens with one attached hydrogen (secondary N) is 1. The minimum atomic E-state index is -0.690. The van der Waals surface area contributed by atoms with E-state index in [2.05, 4.69) is 0 Å². The molecule has 8 nitrogen and oxygen atoms in total. The van der Waals surface area contributed by atoms with Gasteiger partial charge in [-0.15, -0.1) is 0 Å². The molecule has 0 heterocycles. The molecule has 0 rings (SSSR count). The molecular weight excluding hydrogens is 226 g/mol. The number of nitrogens with two attached hydrogens (primary N) is 3. The van der Waals surface area contributed by atoms with Gasteiger partial charge in [-0.25, -0.2) is 5.84 Å². The summed E-state index contributed by atoms with van der Waals surface area (Å²) in [7, 11) is 0. The van der Waals surface area contributed by atoms with Crippen molar-refractivity contribution < 1.29 is 14.4 Å². The predicted octanol–water partition coefficient (Wildman–Crippen LogP) is -2.58. The fourth-order valence-corrected chi connectivity index (χ4v) is 1.53. The summed E-state index contributed by atoms with van der Waals surface area (Å²) in [5, 5.41) is 0. The first-order chi connectivity index (χ1) is 7.92. The largest absolute Gasteiger partial charge is 0.369 e. The first-order valence-corrected chi connectivity index (χ1v) is 5.23. The van der Waals surface area contributed by atoms with Crippen molar-refractivity contribution in [2.45, 2.75) is 25.8 Å². The molecular formula is C9H19N5O3.